The average molecular weight is 181 g/mol. The van der Waals surface area contributed by atoms with Crippen molar-refractivity contribution in [3.8, 4) is 0 Å². The quantitative estimate of drug-likeness (QED) is 0.492. The van der Waals surface area contributed by atoms with Gasteiger partial charge in [-0.2, -0.15) is 0 Å². The van der Waals surface area contributed by atoms with E-state index in [0.29, 0.717) is 0 Å². The summed E-state index contributed by atoms with van der Waals surface area (Å²) in [7, 11) is -0.344. The van der Waals surface area contributed by atoms with E-state index in [1.54, 1.807) is 12.3 Å². The molecule has 1 saturated heterocycles. The van der Waals surface area contributed by atoms with Crippen LogP contribution in [0.2, 0.25) is 0 Å². The molecular formula is C8H18ClP. The van der Waals surface area contributed by atoms with Gasteiger partial charge in [0, 0.05) is 13.9 Å². The number of hydrogen-bond acceptors (Lipinski definition) is 0. The summed E-state index contributed by atoms with van der Waals surface area (Å²) in [4.78, 5) is 0. The Kier molecular flexibility index (Phi) is 4.90. The highest BCUT2D eigenvalue weighted by Gasteiger charge is 2.30. The van der Waals surface area contributed by atoms with E-state index in [4.69, 9.17) is 0 Å². The van der Waals surface area contributed by atoms with Crippen LogP contribution in [-0.2, 0) is 0 Å². The Morgan fingerprint density at radius 3 is 1.90 bits per heavy atom. The predicted octanol–water partition coefficient (Wildman–Crippen LogP) is -0.158. The van der Waals surface area contributed by atoms with E-state index < -0.39 is 0 Å². The second-order valence-corrected chi connectivity index (χ2v) is 8.21. The molecule has 62 valence electrons. The lowest BCUT2D eigenvalue weighted by Gasteiger charge is -2.25. The third-order valence-electron chi connectivity index (χ3n) is 2.66. The molecule has 0 N–H and O–H groups in total. The molecule has 1 fully saturated rings. The first-order chi connectivity index (χ1) is 4.27. The highest BCUT2D eigenvalue weighted by molar-refractivity contribution is 7.75. The van der Waals surface area contributed by atoms with Crippen LogP contribution in [0.4, 0.5) is 0 Å². The fourth-order valence-electron chi connectivity index (χ4n) is 1.59. The molecule has 10 heavy (non-hydrogen) atoms. The maximum Gasteiger partial charge on any atom is 0.0591 e. The predicted molar refractivity (Wildman–Crippen MR) is 47.0 cm³/mol. The largest absolute Gasteiger partial charge is 1.00 e. The minimum Gasteiger partial charge on any atom is -1.00 e. The number of hydrogen-bond donors (Lipinski definition) is 0. The van der Waals surface area contributed by atoms with Crippen LogP contribution in [0.25, 0.3) is 0 Å². The van der Waals surface area contributed by atoms with Gasteiger partial charge < -0.3 is 12.4 Å². The molecule has 1 aliphatic heterocycles. The molecule has 0 nitrogen and oxygen atoms in total. The highest BCUT2D eigenvalue weighted by Crippen LogP contribution is 2.58. The first kappa shape index (κ1) is 10.7. The minimum atomic E-state index is -0.344. The Hall–Kier alpha value is 0.720. The topological polar surface area (TPSA) is 0 Å². The third-order valence-corrected chi connectivity index (χ3v) is 6.98. The first-order valence-electron chi connectivity index (χ1n) is 4.10. The van der Waals surface area contributed by atoms with Crippen molar-refractivity contribution in [3.05, 3.63) is 0 Å². The normalized spacial score (nSPS) is 23.4. The van der Waals surface area contributed by atoms with Crippen LogP contribution >= 0.6 is 7.26 Å². The van der Waals surface area contributed by atoms with Crippen LogP contribution in [-0.4, -0.2) is 25.2 Å². The zero-order valence-corrected chi connectivity index (χ0v) is 8.72. The maximum absolute atomic E-state index is 2.55. The van der Waals surface area contributed by atoms with Gasteiger partial charge in [0.15, 0.2) is 0 Å². The lowest BCUT2D eigenvalue weighted by atomic mass is 10.3. The van der Waals surface area contributed by atoms with Crippen molar-refractivity contribution in [1.29, 1.82) is 0 Å². The van der Waals surface area contributed by atoms with Crippen molar-refractivity contribution in [2.75, 3.05) is 25.2 Å². The number of rotatable bonds is 1. The van der Waals surface area contributed by atoms with Gasteiger partial charge in [0.1, 0.15) is 0 Å². The molecule has 0 spiro atoms. The van der Waals surface area contributed by atoms with Crippen LogP contribution < -0.4 is 12.4 Å². The summed E-state index contributed by atoms with van der Waals surface area (Å²) in [6.45, 7) is 4.92. The summed E-state index contributed by atoms with van der Waals surface area (Å²) in [6.07, 6.45) is 9.23. The van der Waals surface area contributed by atoms with Crippen LogP contribution in [0.3, 0.4) is 0 Å². The Labute approximate surface area is 71.5 Å². The zero-order chi connectivity index (χ0) is 6.74. The van der Waals surface area contributed by atoms with Crippen molar-refractivity contribution in [1.82, 2.24) is 0 Å². The molecule has 0 aliphatic carbocycles. The van der Waals surface area contributed by atoms with Gasteiger partial charge in [-0.05, 0) is 26.2 Å². The molecule has 0 atom stereocenters. The van der Waals surface area contributed by atoms with Gasteiger partial charge in [-0.15, -0.1) is 0 Å². The molecule has 0 amide bonds. The number of halogens is 1. The zero-order valence-electron chi connectivity index (χ0n) is 7.07. The molecule has 0 aromatic rings. The Morgan fingerprint density at radius 1 is 1.10 bits per heavy atom. The summed E-state index contributed by atoms with van der Waals surface area (Å²) in [5.41, 5.74) is 0. The van der Waals surface area contributed by atoms with Crippen molar-refractivity contribution < 1.29 is 12.4 Å². The summed E-state index contributed by atoms with van der Waals surface area (Å²) in [6, 6.07) is 0. The summed E-state index contributed by atoms with van der Waals surface area (Å²) in [5, 5.41) is 0. The van der Waals surface area contributed by atoms with E-state index in [1.165, 1.54) is 25.4 Å². The summed E-state index contributed by atoms with van der Waals surface area (Å²) < 4.78 is 0. The van der Waals surface area contributed by atoms with Gasteiger partial charge in [-0.25, -0.2) is 0 Å². The highest BCUT2D eigenvalue weighted by atomic mass is 35.5. The van der Waals surface area contributed by atoms with Gasteiger partial charge in [0.05, 0.1) is 18.5 Å². The van der Waals surface area contributed by atoms with Crippen LogP contribution in [0, 0.1) is 0 Å². The van der Waals surface area contributed by atoms with E-state index in [9.17, 15) is 0 Å². The van der Waals surface area contributed by atoms with Crippen LogP contribution in [0.5, 0.6) is 0 Å². The van der Waals surface area contributed by atoms with Crippen molar-refractivity contribution >= 4 is 7.26 Å². The fourth-order valence-corrected chi connectivity index (χ4v) is 4.42. The molecule has 1 rings (SSSR count). The van der Waals surface area contributed by atoms with E-state index in [2.05, 4.69) is 13.6 Å². The standard InChI is InChI=1S/C8H18P.ClH/c1-3-9(2)7-5-4-6-8-9;/h3-8H2,1-2H3;1H/q+1;/p-1. The molecule has 0 bridgehead atoms. The fraction of sp³-hybridized carbons (Fsp3) is 1.00. The minimum absolute atomic E-state index is 0. The van der Waals surface area contributed by atoms with Crippen LogP contribution in [0.1, 0.15) is 26.2 Å². The summed E-state index contributed by atoms with van der Waals surface area (Å²) >= 11 is 0. The van der Waals surface area contributed by atoms with Gasteiger partial charge in [0.25, 0.3) is 0 Å². The molecule has 0 radical (unpaired) electrons. The van der Waals surface area contributed by atoms with Gasteiger partial charge >= 0.3 is 0 Å². The van der Waals surface area contributed by atoms with Crippen molar-refractivity contribution in [3.63, 3.8) is 0 Å². The van der Waals surface area contributed by atoms with E-state index in [1.807, 2.05) is 0 Å². The monoisotopic (exact) mass is 180 g/mol. The lowest BCUT2D eigenvalue weighted by molar-refractivity contribution is -0.00000213. The summed E-state index contributed by atoms with van der Waals surface area (Å²) in [5.74, 6) is 0. The Morgan fingerprint density at radius 2 is 1.60 bits per heavy atom. The van der Waals surface area contributed by atoms with E-state index in [-0.39, 0.29) is 19.7 Å². The molecular weight excluding hydrogens is 163 g/mol. The molecule has 0 aromatic heterocycles. The molecule has 0 unspecified atom stereocenters. The molecule has 1 aliphatic rings. The first-order valence-corrected chi connectivity index (χ1v) is 6.89. The van der Waals surface area contributed by atoms with E-state index in [0.717, 1.165) is 0 Å². The van der Waals surface area contributed by atoms with Gasteiger partial charge in [-0.1, -0.05) is 0 Å². The molecule has 0 saturated carbocycles. The third kappa shape index (κ3) is 2.76. The Bertz CT molecular complexity index is 87.3. The molecule has 1 heterocycles. The smallest absolute Gasteiger partial charge is 0.0591 e. The molecule has 2 heteroatoms. The van der Waals surface area contributed by atoms with Crippen molar-refractivity contribution in [2.24, 2.45) is 0 Å². The van der Waals surface area contributed by atoms with E-state index >= 15 is 0 Å². The maximum atomic E-state index is 2.55. The lowest BCUT2D eigenvalue weighted by Crippen LogP contribution is -3.00. The second kappa shape index (κ2) is 4.57. The van der Waals surface area contributed by atoms with Gasteiger partial charge in [-0.3, -0.25) is 0 Å². The second-order valence-electron chi connectivity index (χ2n) is 3.44. The molecule has 0 aromatic carbocycles. The van der Waals surface area contributed by atoms with Crippen molar-refractivity contribution in [2.45, 2.75) is 26.2 Å². The average Bonchev–Trinajstić information content (AvgIpc) is 1.90. The van der Waals surface area contributed by atoms with Crippen LogP contribution in [0.15, 0.2) is 0 Å². The Balaban J connectivity index is 0.000000810. The SMILES string of the molecule is CC[P+]1(C)CCCCC1.[Cl-]. The van der Waals surface area contributed by atoms with Gasteiger partial charge in [0.2, 0.25) is 0 Å².